The zero-order valence-electron chi connectivity index (χ0n) is 23.3. The van der Waals surface area contributed by atoms with Gasteiger partial charge in [-0.05, 0) is 69.8 Å². The van der Waals surface area contributed by atoms with Crippen molar-refractivity contribution in [2.45, 2.75) is 11.4 Å². The number of fused-ring (bicyclic) bond motifs is 2. The van der Waals surface area contributed by atoms with Crippen molar-refractivity contribution in [3.63, 3.8) is 0 Å². The van der Waals surface area contributed by atoms with Crippen molar-refractivity contribution in [2.24, 2.45) is 0 Å². The molecule has 0 aliphatic carbocycles. The average Bonchev–Trinajstić information content (AvgIpc) is 2.99. The summed E-state index contributed by atoms with van der Waals surface area (Å²) < 4.78 is 107. The number of nitrogens with zero attached hydrogens (tertiary/aromatic N) is 2. The molecule has 20 heteroatoms. The van der Waals surface area contributed by atoms with Crippen LogP contribution in [0.15, 0.2) is 60.7 Å². The van der Waals surface area contributed by atoms with Crippen molar-refractivity contribution < 1.29 is 63.1 Å². The van der Waals surface area contributed by atoms with E-state index in [1.54, 1.807) is 13.2 Å². The van der Waals surface area contributed by atoms with Gasteiger partial charge in [-0.15, -0.1) is 0 Å². The summed E-state index contributed by atoms with van der Waals surface area (Å²) in [4.78, 5) is 30.0. The monoisotopic (exact) mass is 792 g/mol. The zero-order chi connectivity index (χ0) is 35.2. The second-order valence-electron chi connectivity index (χ2n) is 8.49. The van der Waals surface area contributed by atoms with Crippen LogP contribution in [0.4, 0.5) is 37.2 Å². The Bertz CT molecular complexity index is 1910. The fourth-order valence-corrected chi connectivity index (χ4v) is 4.73. The number of carbonyl (C=O) groups excluding carboxylic acids is 1. The molecule has 0 amide bonds. The van der Waals surface area contributed by atoms with Crippen LogP contribution in [0.1, 0.15) is 5.56 Å². The molecule has 4 aromatic carbocycles. The summed E-state index contributed by atoms with van der Waals surface area (Å²) >= 11 is 1.99. The largest absolute Gasteiger partial charge is 0.497 e. The maximum absolute atomic E-state index is 13.0. The number of rotatable bonds is 6. The molecule has 0 aliphatic heterocycles. The third-order valence-corrected chi connectivity index (χ3v) is 7.67. The smallest absolute Gasteiger partial charge is 0.470 e. The normalized spacial score (nSPS) is 11.4. The van der Waals surface area contributed by atoms with Gasteiger partial charge in [0.2, 0.25) is 0 Å². The van der Waals surface area contributed by atoms with E-state index >= 15 is 0 Å². The lowest BCUT2D eigenvalue weighted by atomic mass is 10.0. The predicted molar refractivity (Wildman–Crippen MR) is 159 cm³/mol. The van der Waals surface area contributed by atoms with Gasteiger partial charge in [0, 0.05) is 22.9 Å². The maximum atomic E-state index is 13.0. The van der Waals surface area contributed by atoms with E-state index in [0.29, 0.717) is 16.4 Å². The molecule has 0 radical (unpaired) electrons. The molecule has 0 bridgehead atoms. The molecule has 0 unspecified atom stereocenters. The van der Waals surface area contributed by atoms with E-state index in [9.17, 15) is 59.3 Å². The van der Waals surface area contributed by atoms with Crippen LogP contribution in [-0.2, 0) is 25.9 Å². The molecular formula is C26H19F6IN2O10S. The summed E-state index contributed by atoms with van der Waals surface area (Å²) in [6.45, 7) is 0. The van der Waals surface area contributed by atoms with E-state index in [2.05, 4.69) is 4.74 Å². The topological polar surface area (TPSA) is 165 Å². The van der Waals surface area contributed by atoms with E-state index in [4.69, 9.17) is 9.47 Å². The molecule has 0 spiro atoms. The number of benzene rings is 4. The number of ether oxygens (including phenoxy) is 3. The highest BCUT2D eigenvalue weighted by Crippen LogP contribution is 2.42. The summed E-state index contributed by atoms with van der Waals surface area (Å²) in [6, 6.07) is 15.0. The Morgan fingerprint density at radius 1 is 0.761 bits per heavy atom. The van der Waals surface area contributed by atoms with Crippen LogP contribution >= 0.6 is 22.6 Å². The summed E-state index contributed by atoms with van der Waals surface area (Å²) in [7, 11) is -2.82. The van der Waals surface area contributed by atoms with Gasteiger partial charge in [-0.3, -0.25) is 20.2 Å². The van der Waals surface area contributed by atoms with E-state index < -0.39 is 43.8 Å². The Balaban J connectivity index is 0.000000250. The number of hydrogen-bond donors (Lipinski definition) is 0. The summed E-state index contributed by atoms with van der Waals surface area (Å²) in [5.74, 6) is -1.54. The molecule has 0 fully saturated rings. The Morgan fingerprint density at radius 3 is 1.54 bits per heavy atom. The average molecular weight is 792 g/mol. The third-order valence-electron chi connectivity index (χ3n) is 5.76. The van der Waals surface area contributed by atoms with Crippen LogP contribution in [0.25, 0.3) is 21.5 Å². The molecule has 4 aromatic rings. The van der Waals surface area contributed by atoms with Crippen LogP contribution in [0.2, 0.25) is 0 Å². The van der Waals surface area contributed by atoms with Crippen molar-refractivity contribution in [3.05, 3.63) is 90.0 Å². The Kier molecular flexibility index (Phi) is 12.1. The molecule has 0 saturated carbocycles. The first-order valence-corrected chi connectivity index (χ1v) is 14.3. The number of esters is 1. The Hall–Kier alpha value is -4.47. The van der Waals surface area contributed by atoms with Crippen molar-refractivity contribution in [2.75, 3.05) is 21.3 Å². The fraction of sp³-hybridized carbons (Fsp3) is 0.192. The highest BCUT2D eigenvalue weighted by molar-refractivity contribution is 14.1. The van der Waals surface area contributed by atoms with Crippen LogP contribution < -0.4 is 9.47 Å². The second kappa shape index (κ2) is 14.7. The van der Waals surface area contributed by atoms with Crippen molar-refractivity contribution >= 4 is 71.7 Å². The summed E-state index contributed by atoms with van der Waals surface area (Å²) in [6.07, 6.45) is -4.81. The molecule has 0 saturated heterocycles. The minimum atomic E-state index is -6.22. The molecule has 248 valence electrons. The van der Waals surface area contributed by atoms with Gasteiger partial charge >= 0.3 is 27.6 Å². The number of nitro benzene ring substituents is 2. The second-order valence-corrected chi connectivity index (χ2v) is 11.0. The Morgan fingerprint density at radius 2 is 1.17 bits per heavy atom. The lowest BCUT2D eigenvalue weighted by Gasteiger charge is -2.11. The van der Waals surface area contributed by atoms with Crippen molar-refractivity contribution in [1.29, 1.82) is 0 Å². The van der Waals surface area contributed by atoms with E-state index in [1.807, 2.05) is 40.8 Å². The highest BCUT2D eigenvalue weighted by atomic mass is 127. The molecule has 0 atom stereocenters. The first-order chi connectivity index (χ1) is 21.2. The van der Waals surface area contributed by atoms with Crippen molar-refractivity contribution in [3.8, 4) is 11.5 Å². The van der Waals surface area contributed by atoms with Crippen LogP contribution in [-0.4, -0.2) is 50.8 Å². The zero-order valence-corrected chi connectivity index (χ0v) is 26.3. The molecular weight excluding hydrogens is 773 g/mol. The standard InChI is InChI=1S/C12H8F3NO3.C11H8INO3.C3H3F3O4S/c1-19-8-4-2-7-3-5-10(16(17)18)11(9(7)6-8)12(13,14)15;1-16-8-4-2-7-3-5-10(13(14)15)11(12)9(7)6-8;1-10-2(7)3(4,5)11(6,8)9/h2-6H,1H3;2-6H,1H3;1H3. The number of nitro groups is 2. The van der Waals surface area contributed by atoms with Gasteiger partial charge in [-0.25, -0.2) is 4.79 Å². The Labute approximate surface area is 268 Å². The number of hydrogen-bond acceptors (Lipinski definition) is 10. The minimum Gasteiger partial charge on any atom is -0.497 e. The van der Waals surface area contributed by atoms with Crippen LogP contribution in [0.5, 0.6) is 11.5 Å². The first-order valence-electron chi connectivity index (χ1n) is 11.8. The molecule has 0 heterocycles. The molecule has 0 aliphatic rings. The van der Waals surface area contributed by atoms with Gasteiger partial charge in [-0.2, -0.15) is 30.4 Å². The van der Waals surface area contributed by atoms with E-state index in [-0.39, 0.29) is 27.1 Å². The van der Waals surface area contributed by atoms with Gasteiger partial charge in [0.25, 0.3) is 11.4 Å². The number of carbonyl (C=O) groups is 1. The van der Waals surface area contributed by atoms with Crippen molar-refractivity contribution in [1.82, 2.24) is 0 Å². The number of alkyl halides is 5. The van der Waals surface area contributed by atoms with Gasteiger partial charge in [0.05, 0.1) is 34.7 Å². The van der Waals surface area contributed by atoms with E-state index in [0.717, 1.165) is 22.9 Å². The van der Waals surface area contributed by atoms with Crippen LogP contribution in [0, 0.1) is 23.8 Å². The summed E-state index contributed by atoms with van der Waals surface area (Å²) in [5, 5.41) is 18.2. The predicted octanol–water partition coefficient (Wildman–Crippen LogP) is 7.19. The number of methoxy groups -OCH3 is 3. The molecule has 0 N–H and O–H groups in total. The SMILES string of the molecule is COC(=O)C(F)(F)S(=O)(=O)F.COc1ccc2ccc([N+](=O)[O-])c(C(F)(F)F)c2c1.COc1ccc2ccc([N+](=O)[O-])c(I)c2c1. The molecule has 12 nitrogen and oxygen atoms in total. The third kappa shape index (κ3) is 8.62. The molecule has 46 heavy (non-hydrogen) atoms. The lowest BCUT2D eigenvalue weighted by molar-refractivity contribution is -0.387. The van der Waals surface area contributed by atoms with Gasteiger partial charge in [-0.1, -0.05) is 16.0 Å². The molecule has 0 aromatic heterocycles. The first kappa shape index (κ1) is 37.7. The maximum Gasteiger partial charge on any atom is 0.470 e. The van der Waals surface area contributed by atoms with Gasteiger partial charge in [0.1, 0.15) is 17.1 Å². The summed E-state index contributed by atoms with van der Waals surface area (Å²) in [5.41, 5.74) is -2.09. The fourth-order valence-electron chi connectivity index (χ4n) is 3.60. The minimum absolute atomic E-state index is 0.126. The number of halogens is 7. The quantitative estimate of drug-likeness (QED) is 0.0487. The highest BCUT2D eigenvalue weighted by Gasteiger charge is 2.55. The van der Waals surface area contributed by atoms with Crippen LogP contribution in [0.3, 0.4) is 0 Å². The van der Waals surface area contributed by atoms with Gasteiger partial charge in [0.15, 0.2) is 0 Å². The molecule has 4 rings (SSSR count). The van der Waals surface area contributed by atoms with Gasteiger partial charge < -0.3 is 14.2 Å². The van der Waals surface area contributed by atoms with E-state index in [1.165, 1.54) is 31.4 Å². The lowest BCUT2D eigenvalue weighted by Crippen LogP contribution is -2.36.